The fraction of sp³-hybridized carbons (Fsp3) is 0.235. The van der Waals surface area contributed by atoms with Gasteiger partial charge < -0.3 is 9.30 Å². The molecule has 4 heteroatoms. The molecule has 1 aliphatic rings. The lowest BCUT2D eigenvalue weighted by molar-refractivity contribution is 0.0913. The molecule has 0 amide bonds. The molecule has 2 heterocycles. The van der Waals surface area contributed by atoms with Gasteiger partial charge in [-0.2, -0.15) is 0 Å². The van der Waals surface area contributed by atoms with Crippen molar-refractivity contribution in [3.05, 3.63) is 40.4 Å². The van der Waals surface area contributed by atoms with E-state index in [4.69, 9.17) is 4.74 Å². The molecule has 0 spiro atoms. The molecule has 0 aliphatic carbocycles. The van der Waals surface area contributed by atoms with Gasteiger partial charge in [0, 0.05) is 33.3 Å². The highest BCUT2D eigenvalue weighted by Crippen LogP contribution is 2.39. The maximum absolute atomic E-state index is 12.5. The SMILES string of the molecule is COc1cc2c3c(c1)c1ccc(Br)cc1n3CC(C)C2=O. The van der Waals surface area contributed by atoms with Crippen LogP contribution in [0.5, 0.6) is 5.75 Å². The molecular formula is C17H14BrNO2. The number of ketones is 1. The van der Waals surface area contributed by atoms with E-state index in [1.54, 1.807) is 7.11 Å². The lowest BCUT2D eigenvalue weighted by atomic mass is 9.94. The van der Waals surface area contributed by atoms with Crippen LogP contribution in [0.25, 0.3) is 21.8 Å². The molecule has 0 fully saturated rings. The average molecular weight is 344 g/mol. The third kappa shape index (κ3) is 1.69. The molecule has 0 saturated carbocycles. The summed E-state index contributed by atoms with van der Waals surface area (Å²) in [5, 5.41) is 2.25. The van der Waals surface area contributed by atoms with E-state index >= 15 is 0 Å². The number of nitrogens with zero attached hydrogens (tertiary/aromatic N) is 1. The van der Waals surface area contributed by atoms with Crippen LogP contribution in [0, 0.1) is 5.92 Å². The van der Waals surface area contributed by atoms with E-state index in [9.17, 15) is 4.79 Å². The molecule has 3 aromatic rings. The Morgan fingerprint density at radius 2 is 2.05 bits per heavy atom. The molecule has 0 N–H and O–H groups in total. The largest absolute Gasteiger partial charge is 0.497 e. The summed E-state index contributed by atoms with van der Waals surface area (Å²) in [7, 11) is 1.64. The standard InChI is InChI=1S/C17H14BrNO2/c1-9-8-19-15-5-10(18)3-4-12(15)13-6-11(21-2)7-14(16(13)19)17(9)20/h3-7,9H,8H2,1-2H3. The summed E-state index contributed by atoms with van der Waals surface area (Å²) < 4.78 is 8.69. The Morgan fingerprint density at radius 3 is 2.81 bits per heavy atom. The lowest BCUT2D eigenvalue weighted by Gasteiger charge is -2.21. The third-order valence-corrected chi connectivity index (χ3v) is 4.79. The van der Waals surface area contributed by atoms with Gasteiger partial charge in [-0.25, -0.2) is 0 Å². The van der Waals surface area contributed by atoms with E-state index in [1.807, 2.05) is 25.1 Å². The van der Waals surface area contributed by atoms with E-state index in [0.29, 0.717) is 0 Å². The number of rotatable bonds is 1. The smallest absolute Gasteiger partial charge is 0.169 e. The number of halogens is 1. The lowest BCUT2D eigenvalue weighted by Crippen LogP contribution is -2.23. The first-order valence-electron chi connectivity index (χ1n) is 6.94. The number of ether oxygens (including phenoxy) is 1. The van der Waals surface area contributed by atoms with Gasteiger partial charge in [0.2, 0.25) is 0 Å². The van der Waals surface area contributed by atoms with Crippen molar-refractivity contribution in [1.82, 2.24) is 4.57 Å². The van der Waals surface area contributed by atoms with Gasteiger partial charge in [-0.3, -0.25) is 4.79 Å². The van der Waals surface area contributed by atoms with Crippen LogP contribution in [0.2, 0.25) is 0 Å². The van der Waals surface area contributed by atoms with E-state index in [-0.39, 0.29) is 11.7 Å². The van der Waals surface area contributed by atoms with E-state index in [2.05, 4.69) is 32.6 Å². The molecule has 0 bridgehead atoms. The van der Waals surface area contributed by atoms with E-state index in [1.165, 1.54) is 0 Å². The highest BCUT2D eigenvalue weighted by atomic mass is 79.9. The Labute approximate surface area is 130 Å². The van der Waals surface area contributed by atoms with Crippen molar-refractivity contribution in [3.8, 4) is 5.75 Å². The monoisotopic (exact) mass is 343 g/mol. The number of fused-ring (bicyclic) bond motifs is 3. The average Bonchev–Trinajstić information content (AvgIpc) is 2.78. The van der Waals surface area contributed by atoms with Gasteiger partial charge in [-0.1, -0.05) is 28.9 Å². The van der Waals surface area contributed by atoms with Gasteiger partial charge in [0.15, 0.2) is 5.78 Å². The first-order valence-corrected chi connectivity index (χ1v) is 7.73. The number of aromatic nitrogens is 1. The van der Waals surface area contributed by atoms with E-state index in [0.717, 1.165) is 44.1 Å². The van der Waals surface area contributed by atoms with Crippen molar-refractivity contribution in [3.63, 3.8) is 0 Å². The number of carbonyl (C=O) groups excluding carboxylic acids is 1. The highest BCUT2D eigenvalue weighted by Gasteiger charge is 2.28. The minimum absolute atomic E-state index is 0.0117. The number of carbonyl (C=O) groups is 1. The summed E-state index contributed by atoms with van der Waals surface area (Å²) >= 11 is 3.54. The fourth-order valence-corrected chi connectivity index (χ4v) is 3.65. The van der Waals surface area contributed by atoms with Crippen LogP contribution in [0.4, 0.5) is 0 Å². The second kappa shape index (κ2) is 4.34. The topological polar surface area (TPSA) is 31.2 Å². The van der Waals surface area contributed by atoms with Crippen molar-refractivity contribution < 1.29 is 9.53 Å². The summed E-state index contributed by atoms with van der Waals surface area (Å²) in [6.07, 6.45) is 0. The quantitative estimate of drug-likeness (QED) is 0.655. The van der Waals surface area contributed by atoms with Crippen LogP contribution in [0.1, 0.15) is 17.3 Å². The minimum Gasteiger partial charge on any atom is -0.497 e. The first kappa shape index (κ1) is 12.9. The van der Waals surface area contributed by atoms with Crippen molar-refractivity contribution in [1.29, 1.82) is 0 Å². The number of hydrogen-bond acceptors (Lipinski definition) is 2. The minimum atomic E-state index is -0.0117. The Hall–Kier alpha value is -1.81. The molecule has 1 unspecified atom stereocenters. The molecule has 1 aliphatic heterocycles. The van der Waals surface area contributed by atoms with Gasteiger partial charge in [0.25, 0.3) is 0 Å². The Kier molecular flexibility index (Phi) is 2.67. The van der Waals surface area contributed by atoms with Crippen molar-refractivity contribution >= 4 is 43.5 Å². The van der Waals surface area contributed by atoms with Gasteiger partial charge in [-0.15, -0.1) is 0 Å². The van der Waals surface area contributed by atoms with E-state index < -0.39 is 0 Å². The normalized spacial score (nSPS) is 17.7. The molecule has 3 nitrogen and oxygen atoms in total. The van der Waals surface area contributed by atoms with Crippen molar-refractivity contribution in [2.45, 2.75) is 13.5 Å². The summed E-state index contributed by atoms with van der Waals surface area (Å²) in [6, 6.07) is 10.1. The number of benzene rings is 2. The van der Waals surface area contributed by atoms with Crippen LogP contribution >= 0.6 is 15.9 Å². The molecule has 1 aromatic heterocycles. The maximum atomic E-state index is 12.5. The zero-order valence-electron chi connectivity index (χ0n) is 11.8. The second-order valence-corrected chi connectivity index (χ2v) is 6.52. The van der Waals surface area contributed by atoms with Gasteiger partial charge in [0.05, 0.1) is 18.1 Å². The summed E-state index contributed by atoms with van der Waals surface area (Å²) in [5.41, 5.74) is 2.97. The molecule has 1 atom stereocenters. The predicted molar refractivity (Wildman–Crippen MR) is 87.2 cm³/mol. The molecule has 4 rings (SSSR count). The molecule has 0 radical (unpaired) electrons. The molecule has 21 heavy (non-hydrogen) atoms. The number of Topliss-reactive ketones (excluding diaryl/α,β-unsaturated/α-hetero) is 1. The second-order valence-electron chi connectivity index (χ2n) is 5.61. The maximum Gasteiger partial charge on any atom is 0.169 e. The van der Waals surface area contributed by atoms with Crippen LogP contribution in [-0.2, 0) is 6.54 Å². The van der Waals surface area contributed by atoms with Crippen LogP contribution in [0.15, 0.2) is 34.8 Å². The van der Waals surface area contributed by atoms with Gasteiger partial charge in [-0.05, 0) is 24.3 Å². The molecule has 2 aromatic carbocycles. The summed E-state index contributed by atoms with van der Waals surface area (Å²) in [6.45, 7) is 2.72. The Morgan fingerprint density at radius 1 is 1.24 bits per heavy atom. The molecule has 106 valence electrons. The predicted octanol–water partition coefficient (Wildman–Crippen LogP) is 4.40. The van der Waals surface area contributed by atoms with Crippen molar-refractivity contribution in [2.24, 2.45) is 5.92 Å². The zero-order chi connectivity index (χ0) is 14.7. The zero-order valence-corrected chi connectivity index (χ0v) is 13.4. The van der Waals surface area contributed by atoms with Crippen LogP contribution in [0.3, 0.4) is 0 Å². The Bertz CT molecular complexity index is 910. The van der Waals surface area contributed by atoms with Crippen molar-refractivity contribution in [2.75, 3.05) is 7.11 Å². The summed E-state index contributed by atoms with van der Waals surface area (Å²) in [5.74, 6) is 0.928. The van der Waals surface area contributed by atoms with Crippen LogP contribution < -0.4 is 4.74 Å². The highest BCUT2D eigenvalue weighted by molar-refractivity contribution is 9.10. The Balaban J connectivity index is 2.25. The van der Waals surface area contributed by atoms with Gasteiger partial charge in [0.1, 0.15) is 5.75 Å². The molecular weight excluding hydrogens is 330 g/mol. The fourth-order valence-electron chi connectivity index (χ4n) is 3.30. The summed E-state index contributed by atoms with van der Waals surface area (Å²) in [4.78, 5) is 12.5. The molecule has 0 saturated heterocycles. The van der Waals surface area contributed by atoms with Crippen LogP contribution in [-0.4, -0.2) is 17.5 Å². The number of hydrogen-bond donors (Lipinski definition) is 0. The number of methoxy groups -OCH3 is 1. The van der Waals surface area contributed by atoms with Gasteiger partial charge >= 0.3 is 0 Å². The first-order chi connectivity index (χ1) is 10.1. The third-order valence-electron chi connectivity index (χ3n) is 4.30.